The van der Waals surface area contributed by atoms with Crippen molar-refractivity contribution in [3.8, 4) is 0 Å². The molecule has 1 rings (SSSR count). The highest BCUT2D eigenvalue weighted by molar-refractivity contribution is 7.91. The molecule has 0 saturated heterocycles. The normalized spacial score (nSPS) is 16.0. The standard InChI is InChI=1S/C7H13NO9P2S/c1-8-4-2-3-7(8)20(14,15)6-5-16-19(12,13)17-18(9,10)11/h2-4H,5-6H2,1H3,(H,12,13)(H2,9,10,11). The summed E-state index contributed by atoms with van der Waals surface area (Å²) in [6, 6.07) is 2.83. The summed E-state index contributed by atoms with van der Waals surface area (Å²) in [6.07, 6.45) is 1.50. The van der Waals surface area contributed by atoms with Crippen molar-refractivity contribution in [1.29, 1.82) is 0 Å². The molecule has 0 aliphatic carbocycles. The molecule has 0 radical (unpaired) electrons. The predicted octanol–water partition coefficient (Wildman–Crippen LogP) is 0.0251. The van der Waals surface area contributed by atoms with E-state index in [1.165, 1.54) is 29.9 Å². The van der Waals surface area contributed by atoms with Gasteiger partial charge in [-0.3, -0.25) is 4.52 Å². The number of phosphoric acid groups is 2. The van der Waals surface area contributed by atoms with Crippen molar-refractivity contribution in [2.75, 3.05) is 12.4 Å². The Morgan fingerprint density at radius 1 is 1.30 bits per heavy atom. The zero-order valence-electron chi connectivity index (χ0n) is 10.2. The van der Waals surface area contributed by atoms with Gasteiger partial charge in [0.2, 0.25) is 0 Å². The van der Waals surface area contributed by atoms with Crippen LogP contribution in [0.3, 0.4) is 0 Å². The quantitative estimate of drug-likeness (QED) is 0.578. The van der Waals surface area contributed by atoms with Gasteiger partial charge in [-0.05, 0) is 12.1 Å². The molecule has 10 nitrogen and oxygen atoms in total. The largest absolute Gasteiger partial charge is 0.481 e. The lowest BCUT2D eigenvalue weighted by atomic mass is 10.7. The van der Waals surface area contributed by atoms with Crippen molar-refractivity contribution >= 4 is 25.5 Å². The minimum atomic E-state index is -5.22. The fourth-order valence-corrected chi connectivity index (χ4v) is 4.30. The first-order valence-electron chi connectivity index (χ1n) is 5.01. The number of aromatic nitrogens is 1. The lowest BCUT2D eigenvalue weighted by molar-refractivity contribution is 0.185. The Hall–Kier alpha value is -0.510. The number of nitrogens with zero attached hydrogens (tertiary/aromatic N) is 1. The maximum Gasteiger partial charge on any atom is 0.481 e. The second kappa shape index (κ2) is 6.08. The molecule has 3 N–H and O–H groups in total. The number of phosphoric ester groups is 1. The number of aryl methyl sites for hydroxylation is 1. The monoisotopic (exact) mass is 349 g/mol. The highest BCUT2D eigenvalue weighted by Crippen LogP contribution is 2.57. The smallest absolute Gasteiger partial charge is 0.342 e. The van der Waals surface area contributed by atoms with Crippen LogP contribution in [0.2, 0.25) is 0 Å². The Balaban J connectivity index is 2.63. The number of hydrogen-bond donors (Lipinski definition) is 3. The van der Waals surface area contributed by atoms with Crippen LogP contribution in [0.15, 0.2) is 23.4 Å². The van der Waals surface area contributed by atoms with Crippen molar-refractivity contribution < 1.29 is 41.1 Å². The minimum absolute atomic E-state index is 0.0234. The summed E-state index contributed by atoms with van der Waals surface area (Å²) >= 11 is 0. The van der Waals surface area contributed by atoms with Gasteiger partial charge in [0.25, 0.3) is 0 Å². The molecular weight excluding hydrogens is 336 g/mol. The average Bonchev–Trinajstić information content (AvgIpc) is 2.60. The van der Waals surface area contributed by atoms with E-state index in [0.717, 1.165) is 0 Å². The van der Waals surface area contributed by atoms with Gasteiger partial charge in [-0.2, -0.15) is 4.31 Å². The average molecular weight is 349 g/mol. The molecule has 20 heavy (non-hydrogen) atoms. The first-order chi connectivity index (χ1) is 8.93. The molecule has 0 aliphatic rings. The second-order valence-corrected chi connectivity index (χ2v) is 8.54. The third-order valence-electron chi connectivity index (χ3n) is 2.03. The van der Waals surface area contributed by atoms with Crippen LogP contribution < -0.4 is 0 Å². The van der Waals surface area contributed by atoms with E-state index < -0.39 is 37.8 Å². The van der Waals surface area contributed by atoms with Gasteiger partial charge in [0.1, 0.15) is 5.03 Å². The molecule has 1 aromatic heterocycles. The number of rotatable bonds is 7. The van der Waals surface area contributed by atoms with Gasteiger partial charge >= 0.3 is 15.6 Å². The third kappa shape index (κ3) is 5.47. The van der Waals surface area contributed by atoms with E-state index in [9.17, 15) is 17.5 Å². The number of sulfone groups is 1. The Morgan fingerprint density at radius 2 is 1.90 bits per heavy atom. The molecule has 1 atom stereocenters. The van der Waals surface area contributed by atoms with E-state index in [0.29, 0.717) is 0 Å². The molecule has 0 aliphatic heterocycles. The summed E-state index contributed by atoms with van der Waals surface area (Å²) < 4.78 is 54.1. The van der Waals surface area contributed by atoms with Gasteiger partial charge in [-0.1, -0.05) is 0 Å². The maximum absolute atomic E-state index is 11.8. The van der Waals surface area contributed by atoms with E-state index >= 15 is 0 Å². The van der Waals surface area contributed by atoms with Gasteiger partial charge in [0.05, 0.1) is 12.4 Å². The van der Waals surface area contributed by atoms with Crippen molar-refractivity contribution in [3.63, 3.8) is 0 Å². The van der Waals surface area contributed by atoms with Gasteiger partial charge in [-0.15, -0.1) is 0 Å². The van der Waals surface area contributed by atoms with Crippen LogP contribution in [0.1, 0.15) is 0 Å². The minimum Gasteiger partial charge on any atom is -0.342 e. The zero-order valence-corrected chi connectivity index (χ0v) is 12.8. The van der Waals surface area contributed by atoms with Crippen LogP contribution in [0.4, 0.5) is 0 Å². The third-order valence-corrected chi connectivity index (χ3v) is 5.98. The topological polar surface area (TPSA) is 152 Å². The highest BCUT2D eigenvalue weighted by atomic mass is 32.2. The predicted molar refractivity (Wildman–Crippen MR) is 66.4 cm³/mol. The van der Waals surface area contributed by atoms with Gasteiger partial charge in [-0.25, -0.2) is 17.5 Å². The van der Waals surface area contributed by atoms with Gasteiger partial charge in [0.15, 0.2) is 9.84 Å². The summed E-state index contributed by atoms with van der Waals surface area (Å²) in [5.74, 6) is -0.653. The summed E-state index contributed by atoms with van der Waals surface area (Å²) in [4.78, 5) is 25.7. The van der Waals surface area contributed by atoms with Crippen LogP contribution in [0, 0.1) is 0 Å². The molecule has 0 saturated carbocycles. The SMILES string of the molecule is Cn1cccc1S(=O)(=O)CCOP(=O)(O)OP(=O)(O)O. The first-order valence-corrected chi connectivity index (χ1v) is 9.69. The molecule has 13 heteroatoms. The Labute approximate surface area is 114 Å². The van der Waals surface area contributed by atoms with E-state index in [4.69, 9.17) is 14.7 Å². The first kappa shape index (κ1) is 17.5. The Morgan fingerprint density at radius 3 is 2.35 bits per heavy atom. The van der Waals surface area contributed by atoms with Crippen molar-refractivity contribution in [1.82, 2.24) is 4.57 Å². The van der Waals surface area contributed by atoms with Crippen LogP contribution in [-0.4, -0.2) is 40.0 Å². The van der Waals surface area contributed by atoms with Crippen molar-refractivity contribution in [2.45, 2.75) is 5.03 Å². The highest BCUT2D eigenvalue weighted by Gasteiger charge is 2.32. The van der Waals surface area contributed by atoms with Crippen LogP contribution >= 0.6 is 15.6 Å². The Bertz CT molecular complexity index is 660. The molecule has 116 valence electrons. The molecular formula is C7H13NO9P2S. The number of hydrogen-bond acceptors (Lipinski definition) is 6. The molecule has 1 aromatic rings. The van der Waals surface area contributed by atoms with E-state index in [1.807, 2.05) is 0 Å². The summed E-state index contributed by atoms with van der Waals surface area (Å²) in [5, 5.41) is -0.0234. The summed E-state index contributed by atoms with van der Waals surface area (Å²) in [6.45, 7) is -0.763. The van der Waals surface area contributed by atoms with E-state index in [-0.39, 0.29) is 5.03 Å². The molecule has 1 heterocycles. The molecule has 0 bridgehead atoms. The van der Waals surface area contributed by atoms with Crippen LogP contribution in [0.5, 0.6) is 0 Å². The maximum atomic E-state index is 11.8. The fourth-order valence-electron chi connectivity index (χ4n) is 1.29. The molecule has 0 fully saturated rings. The van der Waals surface area contributed by atoms with E-state index in [2.05, 4.69) is 8.83 Å². The molecule has 0 spiro atoms. The van der Waals surface area contributed by atoms with Crippen molar-refractivity contribution in [2.24, 2.45) is 7.05 Å². The second-order valence-electron chi connectivity index (χ2n) is 3.65. The van der Waals surface area contributed by atoms with Gasteiger partial charge in [0, 0.05) is 13.2 Å². The molecule has 1 unspecified atom stereocenters. The van der Waals surface area contributed by atoms with Crippen LogP contribution in [0.25, 0.3) is 0 Å². The summed E-state index contributed by atoms with van der Waals surface area (Å²) in [7, 11) is -12.5. The lowest BCUT2D eigenvalue weighted by Gasteiger charge is -2.12. The lowest BCUT2D eigenvalue weighted by Crippen LogP contribution is -2.14. The Kier molecular flexibility index (Phi) is 5.34. The van der Waals surface area contributed by atoms with E-state index in [1.54, 1.807) is 0 Å². The van der Waals surface area contributed by atoms with Crippen molar-refractivity contribution in [3.05, 3.63) is 18.3 Å². The fraction of sp³-hybridized carbons (Fsp3) is 0.429. The summed E-state index contributed by atoms with van der Waals surface area (Å²) in [5.41, 5.74) is 0. The molecule has 0 amide bonds. The molecule has 0 aromatic carbocycles. The van der Waals surface area contributed by atoms with Crippen LogP contribution in [-0.2, 0) is 34.8 Å². The van der Waals surface area contributed by atoms with Gasteiger partial charge < -0.3 is 19.2 Å². The zero-order chi connectivity index (χ0) is 15.6.